The summed E-state index contributed by atoms with van der Waals surface area (Å²) in [5.41, 5.74) is 1.86. The van der Waals surface area contributed by atoms with E-state index in [1.54, 1.807) is 0 Å². The third-order valence-electron chi connectivity index (χ3n) is 5.24. The Bertz CT molecular complexity index is 961. The van der Waals surface area contributed by atoms with Gasteiger partial charge in [0.05, 0.1) is 6.54 Å². The van der Waals surface area contributed by atoms with Crippen LogP contribution in [0.25, 0.3) is 0 Å². The van der Waals surface area contributed by atoms with Gasteiger partial charge in [-0.3, -0.25) is 9.69 Å². The van der Waals surface area contributed by atoms with Gasteiger partial charge in [-0.2, -0.15) is 0 Å². The maximum Gasteiger partial charge on any atom is 0.328 e. The zero-order valence-electron chi connectivity index (χ0n) is 21.6. The summed E-state index contributed by atoms with van der Waals surface area (Å²) in [7, 11) is 0. The third kappa shape index (κ3) is 14.3. The number of hydrogen-bond donors (Lipinski definition) is 2. The number of ether oxygens (including phenoxy) is 1. The number of carboxylic acids is 2. The minimum Gasteiger partial charge on any atom is -0.478 e. The number of nitrogens with zero attached hydrogens (tertiary/aromatic N) is 1. The van der Waals surface area contributed by atoms with Crippen LogP contribution in [0, 0.1) is 11.8 Å². The molecule has 0 unspecified atom stereocenters. The molecule has 2 N–H and O–H groups in total. The predicted molar refractivity (Wildman–Crippen MR) is 144 cm³/mol. The van der Waals surface area contributed by atoms with Gasteiger partial charge in [0.25, 0.3) is 0 Å². The van der Waals surface area contributed by atoms with Gasteiger partial charge in [-0.1, -0.05) is 99.2 Å². The van der Waals surface area contributed by atoms with Crippen molar-refractivity contribution >= 4 is 17.9 Å². The van der Waals surface area contributed by atoms with Gasteiger partial charge in [0.15, 0.2) is 6.61 Å². The van der Waals surface area contributed by atoms with Gasteiger partial charge in [-0.25, -0.2) is 9.59 Å². The standard InChI is InChI=1S/C26H33NO2.C4H4O4/c1-3-5-19-27(20-6-4-2)21-13-14-22-29-26(28)25(23-15-9-7-10-16-23)24-17-11-8-12-18-24;5-3(6)1-2-4(7)8/h7-12,15-18,25H,3-6,19-22H2,1-2H3;1-2H,(H,5,6)(H,7,8)/b;2-1-. The highest BCUT2D eigenvalue weighted by molar-refractivity contribution is 5.89. The Morgan fingerprint density at radius 3 is 1.68 bits per heavy atom. The molecule has 0 amide bonds. The van der Waals surface area contributed by atoms with Crippen molar-refractivity contribution in [2.24, 2.45) is 0 Å². The van der Waals surface area contributed by atoms with E-state index >= 15 is 0 Å². The summed E-state index contributed by atoms with van der Waals surface area (Å²) in [6.07, 6.45) is 5.87. The van der Waals surface area contributed by atoms with Gasteiger partial charge >= 0.3 is 17.9 Å². The summed E-state index contributed by atoms with van der Waals surface area (Å²) in [4.78, 5) is 34.3. The molecule has 0 saturated heterocycles. The molecular weight excluding hydrogens is 470 g/mol. The molecule has 2 aromatic rings. The van der Waals surface area contributed by atoms with Crippen molar-refractivity contribution in [1.82, 2.24) is 4.90 Å². The van der Waals surface area contributed by atoms with Crippen molar-refractivity contribution in [2.75, 3.05) is 26.2 Å². The van der Waals surface area contributed by atoms with E-state index in [0.29, 0.717) is 12.2 Å². The van der Waals surface area contributed by atoms with Crippen LogP contribution in [0.5, 0.6) is 0 Å². The number of benzene rings is 2. The second kappa shape index (κ2) is 19.3. The molecule has 0 aliphatic carbocycles. The van der Waals surface area contributed by atoms with Gasteiger partial charge in [-0.15, -0.1) is 0 Å². The largest absolute Gasteiger partial charge is 0.478 e. The number of carbonyl (C=O) groups excluding carboxylic acids is 1. The van der Waals surface area contributed by atoms with Gasteiger partial charge in [0.1, 0.15) is 5.92 Å². The number of hydrogen-bond acceptors (Lipinski definition) is 5. The molecule has 2 aromatic carbocycles. The number of aliphatic carboxylic acids is 2. The van der Waals surface area contributed by atoms with Gasteiger partial charge in [-0.05, 0) is 37.1 Å². The lowest BCUT2D eigenvalue weighted by atomic mass is 9.91. The molecule has 2 rings (SSSR count). The second-order valence-corrected chi connectivity index (χ2v) is 8.21. The minimum absolute atomic E-state index is 0.129. The Hall–Kier alpha value is -3.89. The molecule has 0 saturated carbocycles. The van der Waals surface area contributed by atoms with E-state index < -0.39 is 17.9 Å². The molecule has 0 radical (unpaired) electrons. The van der Waals surface area contributed by atoms with Crippen molar-refractivity contribution in [1.29, 1.82) is 0 Å². The lowest BCUT2D eigenvalue weighted by Crippen LogP contribution is -2.26. The first kappa shape index (κ1) is 31.1. The molecule has 0 aliphatic heterocycles. The molecule has 0 aliphatic rings. The molecule has 198 valence electrons. The van der Waals surface area contributed by atoms with Crippen molar-refractivity contribution < 1.29 is 29.3 Å². The first-order valence-corrected chi connectivity index (χ1v) is 12.5. The molecule has 7 nitrogen and oxygen atoms in total. The van der Waals surface area contributed by atoms with Crippen LogP contribution in [0.3, 0.4) is 0 Å². The van der Waals surface area contributed by atoms with Crippen molar-refractivity contribution in [3.8, 4) is 11.8 Å². The molecule has 0 aromatic heterocycles. The summed E-state index contributed by atoms with van der Waals surface area (Å²) >= 11 is 0. The van der Waals surface area contributed by atoms with Crippen LogP contribution in [0.15, 0.2) is 72.8 Å². The summed E-state index contributed by atoms with van der Waals surface area (Å²) in [5.74, 6) is 3.00. The van der Waals surface area contributed by atoms with Crippen LogP contribution in [0.4, 0.5) is 0 Å². The Morgan fingerprint density at radius 1 is 0.811 bits per heavy atom. The van der Waals surface area contributed by atoms with Crippen molar-refractivity contribution in [3.05, 3.63) is 83.9 Å². The predicted octanol–water partition coefficient (Wildman–Crippen LogP) is 4.98. The van der Waals surface area contributed by atoms with Crippen LogP contribution in [-0.4, -0.2) is 59.3 Å². The Morgan fingerprint density at radius 2 is 1.27 bits per heavy atom. The quantitative estimate of drug-likeness (QED) is 0.224. The maximum absolute atomic E-state index is 12.8. The monoisotopic (exact) mass is 507 g/mol. The summed E-state index contributed by atoms with van der Waals surface area (Å²) in [5, 5.41) is 15.6. The van der Waals surface area contributed by atoms with E-state index in [1.165, 1.54) is 25.7 Å². The molecule has 0 spiro atoms. The summed E-state index contributed by atoms with van der Waals surface area (Å²) < 4.78 is 5.53. The molecule has 0 atom stereocenters. The smallest absolute Gasteiger partial charge is 0.328 e. The first-order valence-electron chi connectivity index (χ1n) is 12.5. The van der Waals surface area contributed by atoms with Gasteiger partial charge < -0.3 is 14.9 Å². The number of unbranched alkanes of at least 4 members (excludes halogenated alkanes) is 2. The van der Waals surface area contributed by atoms with E-state index in [1.807, 2.05) is 60.7 Å². The fourth-order valence-electron chi connectivity index (χ4n) is 3.34. The third-order valence-corrected chi connectivity index (χ3v) is 5.24. The van der Waals surface area contributed by atoms with E-state index in [-0.39, 0.29) is 12.6 Å². The van der Waals surface area contributed by atoms with Crippen LogP contribution >= 0.6 is 0 Å². The molecule has 37 heavy (non-hydrogen) atoms. The highest BCUT2D eigenvalue weighted by Crippen LogP contribution is 2.25. The van der Waals surface area contributed by atoms with Crippen LogP contribution in [-0.2, 0) is 19.1 Å². The number of carboxylic acid groups (broad SMARTS) is 2. The van der Waals surface area contributed by atoms with Gasteiger partial charge in [0.2, 0.25) is 0 Å². The number of rotatable bonds is 13. The zero-order chi connectivity index (χ0) is 27.3. The van der Waals surface area contributed by atoms with Crippen LogP contribution in [0.2, 0.25) is 0 Å². The SMILES string of the molecule is CCCCN(CC#CCOC(=O)C(c1ccccc1)c1ccccc1)CCCC.O=C(O)/C=C\C(=O)O. The molecular formula is C30H37NO6. The average Bonchev–Trinajstić information content (AvgIpc) is 2.90. The van der Waals surface area contributed by atoms with E-state index in [0.717, 1.165) is 30.8 Å². The molecule has 7 heteroatoms. The lowest BCUT2D eigenvalue weighted by molar-refractivity contribution is -0.143. The fraction of sp³-hybridized carbons (Fsp3) is 0.367. The van der Waals surface area contributed by atoms with Crippen molar-refractivity contribution in [2.45, 2.75) is 45.4 Å². The minimum atomic E-state index is -1.26. The summed E-state index contributed by atoms with van der Waals surface area (Å²) in [6, 6.07) is 19.5. The molecule has 0 heterocycles. The zero-order valence-corrected chi connectivity index (χ0v) is 21.6. The average molecular weight is 508 g/mol. The Balaban J connectivity index is 0.000000738. The number of esters is 1. The Kier molecular flexibility index (Phi) is 16.3. The van der Waals surface area contributed by atoms with E-state index in [2.05, 4.69) is 30.6 Å². The number of carbonyl (C=O) groups is 3. The van der Waals surface area contributed by atoms with Crippen molar-refractivity contribution in [3.63, 3.8) is 0 Å². The fourth-order valence-corrected chi connectivity index (χ4v) is 3.34. The first-order chi connectivity index (χ1) is 17.9. The lowest BCUT2D eigenvalue weighted by Gasteiger charge is -2.18. The second-order valence-electron chi connectivity index (χ2n) is 8.21. The van der Waals surface area contributed by atoms with E-state index in [9.17, 15) is 14.4 Å². The molecule has 0 bridgehead atoms. The summed E-state index contributed by atoms with van der Waals surface area (Å²) in [6.45, 7) is 7.44. The normalized spacial score (nSPS) is 10.4. The Labute approximate surface area is 219 Å². The topological polar surface area (TPSA) is 104 Å². The highest BCUT2D eigenvalue weighted by atomic mass is 16.5. The maximum atomic E-state index is 12.8. The highest BCUT2D eigenvalue weighted by Gasteiger charge is 2.23. The van der Waals surface area contributed by atoms with E-state index in [4.69, 9.17) is 14.9 Å². The molecule has 0 fully saturated rings. The van der Waals surface area contributed by atoms with Gasteiger partial charge in [0, 0.05) is 12.2 Å². The van der Waals surface area contributed by atoms with Crippen LogP contribution in [0.1, 0.15) is 56.6 Å². The van der Waals surface area contributed by atoms with Crippen LogP contribution < -0.4 is 0 Å².